The number of aromatic nitrogens is 2. The van der Waals surface area contributed by atoms with Gasteiger partial charge in [-0.3, -0.25) is 4.79 Å². The van der Waals surface area contributed by atoms with Crippen molar-refractivity contribution in [3.8, 4) is 0 Å². The molecule has 0 aromatic carbocycles. The monoisotopic (exact) mass is 251 g/mol. The molecule has 0 amide bonds. The Morgan fingerprint density at radius 1 is 1.39 bits per heavy atom. The Labute approximate surface area is 102 Å². The van der Waals surface area contributed by atoms with Crippen molar-refractivity contribution in [2.45, 2.75) is 12.8 Å². The predicted molar refractivity (Wildman–Crippen MR) is 62.4 cm³/mol. The van der Waals surface area contributed by atoms with E-state index in [0.717, 1.165) is 0 Å². The second kappa shape index (κ2) is 3.51. The number of ketones is 1. The van der Waals surface area contributed by atoms with Gasteiger partial charge in [0, 0.05) is 0 Å². The van der Waals surface area contributed by atoms with Gasteiger partial charge in [0.1, 0.15) is 0 Å². The average Bonchev–Trinajstić information content (AvgIpc) is 2.68. The summed E-state index contributed by atoms with van der Waals surface area (Å²) in [7, 11) is 0. The van der Waals surface area contributed by atoms with Gasteiger partial charge in [0.25, 0.3) is 5.92 Å². The number of pyridine rings is 1. The van der Waals surface area contributed by atoms with Gasteiger partial charge in [-0.1, -0.05) is 0 Å². The Morgan fingerprint density at radius 3 is 2.72 bits per heavy atom. The van der Waals surface area contributed by atoms with Crippen molar-refractivity contribution >= 4 is 17.0 Å². The van der Waals surface area contributed by atoms with Gasteiger partial charge >= 0.3 is 0 Å². The lowest BCUT2D eigenvalue weighted by Crippen LogP contribution is -2.56. The molecule has 0 atom stereocenters. The van der Waals surface area contributed by atoms with E-state index in [9.17, 15) is 13.6 Å². The van der Waals surface area contributed by atoms with Crippen molar-refractivity contribution in [1.29, 1.82) is 0 Å². The van der Waals surface area contributed by atoms with Crippen LogP contribution < -0.4 is 4.90 Å². The highest BCUT2D eigenvalue weighted by molar-refractivity contribution is 6.00. The van der Waals surface area contributed by atoms with Crippen molar-refractivity contribution in [2.24, 2.45) is 0 Å². The summed E-state index contributed by atoms with van der Waals surface area (Å²) in [6.45, 7) is 0.944. The molecular formula is C12H11F2N3O. The number of anilines is 1. The molecule has 3 heterocycles. The minimum absolute atomic E-state index is 0.0618. The Morgan fingerprint density at radius 2 is 2.11 bits per heavy atom. The van der Waals surface area contributed by atoms with Crippen LogP contribution in [0.5, 0.6) is 0 Å². The molecule has 94 valence electrons. The standard InChI is InChI=1S/C12H11F2N3O/c1-8(18)10-4-15-17-5-9(2-3-11(10)17)16-6-12(13,14)7-16/h2-5H,6-7H2,1H3. The van der Waals surface area contributed by atoms with E-state index in [4.69, 9.17) is 0 Å². The van der Waals surface area contributed by atoms with Crippen LogP contribution in [0, 0.1) is 0 Å². The van der Waals surface area contributed by atoms with Crippen molar-refractivity contribution < 1.29 is 13.6 Å². The minimum Gasteiger partial charge on any atom is -0.358 e. The second-order valence-corrected chi connectivity index (χ2v) is 4.54. The Hall–Kier alpha value is -1.98. The largest absolute Gasteiger partial charge is 0.358 e. The van der Waals surface area contributed by atoms with E-state index in [1.54, 1.807) is 27.7 Å². The third-order valence-electron chi connectivity index (χ3n) is 3.09. The van der Waals surface area contributed by atoms with Crippen LogP contribution in [0.4, 0.5) is 14.5 Å². The summed E-state index contributed by atoms with van der Waals surface area (Å²) in [4.78, 5) is 12.9. The molecule has 6 heteroatoms. The van der Waals surface area contributed by atoms with Crippen molar-refractivity contribution in [3.05, 3.63) is 30.1 Å². The van der Waals surface area contributed by atoms with Gasteiger partial charge in [-0.15, -0.1) is 0 Å². The number of nitrogens with zero attached hydrogens (tertiary/aromatic N) is 3. The van der Waals surface area contributed by atoms with E-state index in [-0.39, 0.29) is 18.9 Å². The van der Waals surface area contributed by atoms with Crippen molar-refractivity contribution in [3.63, 3.8) is 0 Å². The molecule has 0 N–H and O–H groups in total. The molecule has 1 saturated heterocycles. The van der Waals surface area contributed by atoms with Crippen LogP contribution in [0.3, 0.4) is 0 Å². The normalized spacial score (nSPS) is 17.8. The van der Waals surface area contributed by atoms with Crippen LogP contribution >= 0.6 is 0 Å². The molecule has 2 aromatic rings. The Kier molecular flexibility index (Phi) is 2.17. The molecule has 0 aliphatic carbocycles. The van der Waals surface area contributed by atoms with Crippen LogP contribution in [0.15, 0.2) is 24.5 Å². The average molecular weight is 251 g/mol. The maximum atomic E-state index is 12.8. The van der Waals surface area contributed by atoms with Gasteiger partial charge in [-0.25, -0.2) is 13.3 Å². The maximum Gasteiger partial charge on any atom is 0.282 e. The minimum atomic E-state index is -2.59. The molecule has 0 radical (unpaired) electrons. The van der Waals surface area contributed by atoms with Gasteiger partial charge < -0.3 is 4.90 Å². The number of hydrogen-bond acceptors (Lipinski definition) is 3. The van der Waals surface area contributed by atoms with E-state index in [2.05, 4.69) is 5.10 Å². The summed E-state index contributed by atoms with van der Waals surface area (Å²) in [5, 5.41) is 4.06. The van der Waals surface area contributed by atoms with Crippen LogP contribution in [0.2, 0.25) is 0 Å². The zero-order valence-corrected chi connectivity index (χ0v) is 9.73. The number of carbonyl (C=O) groups is 1. The fraction of sp³-hybridized carbons (Fsp3) is 0.333. The molecule has 1 aliphatic rings. The molecule has 0 spiro atoms. The highest BCUT2D eigenvalue weighted by Crippen LogP contribution is 2.31. The lowest BCUT2D eigenvalue weighted by Gasteiger charge is -2.40. The third kappa shape index (κ3) is 1.64. The van der Waals surface area contributed by atoms with E-state index in [1.165, 1.54) is 13.1 Å². The van der Waals surface area contributed by atoms with Crippen LogP contribution in [0.1, 0.15) is 17.3 Å². The summed E-state index contributed by atoms with van der Waals surface area (Å²) >= 11 is 0. The number of Topliss-reactive ketones (excluding diaryl/α,β-unsaturated/α-hetero) is 1. The van der Waals surface area contributed by atoms with Crippen LogP contribution in [-0.4, -0.2) is 34.4 Å². The molecule has 2 aromatic heterocycles. The summed E-state index contributed by atoms with van der Waals surface area (Å²) in [5.74, 6) is -2.66. The zero-order chi connectivity index (χ0) is 12.9. The van der Waals surface area contributed by atoms with E-state index in [0.29, 0.717) is 16.8 Å². The second-order valence-electron chi connectivity index (χ2n) is 4.54. The summed E-state index contributed by atoms with van der Waals surface area (Å²) in [6, 6.07) is 3.47. The molecule has 0 unspecified atom stereocenters. The number of carbonyl (C=O) groups excluding carboxylic acids is 1. The van der Waals surface area contributed by atoms with Crippen LogP contribution in [-0.2, 0) is 0 Å². The quantitative estimate of drug-likeness (QED) is 0.766. The van der Waals surface area contributed by atoms with E-state index in [1.807, 2.05) is 0 Å². The van der Waals surface area contributed by atoms with E-state index < -0.39 is 5.92 Å². The molecule has 1 aliphatic heterocycles. The zero-order valence-electron chi connectivity index (χ0n) is 9.73. The first-order valence-electron chi connectivity index (χ1n) is 5.57. The first-order valence-corrected chi connectivity index (χ1v) is 5.57. The SMILES string of the molecule is CC(=O)c1cnn2cc(N3CC(F)(F)C3)ccc12. The molecule has 3 rings (SSSR count). The smallest absolute Gasteiger partial charge is 0.282 e. The number of halogens is 2. The van der Waals surface area contributed by atoms with Gasteiger partial charge in [0.05, 0.1) is 42.3 Å². The fourth-order valence-electron chi connectivity index (χ4n) is 2.13. The third-order valence-corrected chi connectivity index (χ3v) is 3.09. The van der Waals surface area contributed by atoms with E-state index >= 15 is 0 Å². The first-order chi connectivity index (χ1) is 8.46. The fourth-order valence-corrected chi connectivity index (χ4v) is 2.13. The lowest BCUT2D eigenvalue weighted by molar-refractivity contribution is -0.0263. The van der Waals surface area contributed by atoms with Gasteiger partial charge in [-0.05, 0) is 19.1 Å². The Balaban J connectivity index is 1.96. The van der Waals surface area contributed by atoms with Crippen molar-refractivity contribution in [2.75, 3.05) is 18.0 Å². The van der Waals surface area contributed by atoms with Crippen molar-refractivity contribution in [1.82, 2.24) is 9.61 Å². The summed E-state index contributed by atoms with van der Waals surface area (Å²) in [5.41, 5.74) is 1.92. The van der Waals surface area contributed by atoms with Crippen LogP contribution in [0.25, 0.3) is 5.52 Å². The molecule has 1 fully saturated rings. The molecule has 0 saturated carbocycles. The summed E-state index contributed by atoms with van der Waals surface area (Å²) < 4.78 is 27.1. The number of rotatable bonds is 2. The first kappa shape index (κ1) is 11.1. The highest BCUT2D eigenvalue weighted by atomic mass is 19.3. The summed E-state index contributed by atoms with van der Waals surface area (Å²) in [6.07, 6.45) is 3.16. The maximum absolute atomic E-state index is 12.8. The van der Waals surface area contributed by atoms with Gasteiger partial charge in [0.15, 0.2) is 5.78 Å². The number of hydrogen-bond donors (Lipinski definition) is 0. The molecule has 4 nitrogen and oxygen atoms in total. The van der Waals surface area contributed by atoms with Gasteiger partial charge in [0.2, 0.25) is 0 Å². The Bertz CT molecular complexity index is 627. The topological polar surface area (TPSA) is 37.6 Å². The highest BCUT2D eigenvalue weighted by Gasteiger charge is 2.44. The predicted octanol–water partition coefficient (Wildman–Crippen LogP) is 1.99. The number of fused-ring (bicyclic) bond motifs is 1. The van der Waals surface area contributed by atoms with Gasteiger partial charge in [-0.2, -0.15) is 5.10 Å². The molecule has 0 bridgehead atoms. The molecule has 18 heavy (non-hydrogen) atoms. The number of alkyl halides is 2. The lowest BCUT2D eigenvalue weighted by atomic mass is 10.1. The molecular weight excluding hydrogens is 240 g/mol.